The Hall–Kier alpha value is -1.14. The normalized spacial score (nSPS) is 21.7. The molecular formula is C9H7NO3S2. The van der Waals surface area contributed by atoms with Crippen LogP contribution >= 0.6 is 11.8 Å². The highest BCUT2D eigenvalue weighted by atomic mass is 32.2. The van der Waals surface area contributed by atoms with Crippen molar-refractivity contribution in [1.29, 1.82) is 0 Å². The summed E-state index contributed by atoms with van der Waals surface area (Å²) in [7, 11) is -1.38. The Morgan fingerprint density at radius 2 is 2.27 bits per heavy atom. The Kier molecular flexibility index (Phi) is 2.62. The number of hydrogen-bond donors (Lipinski definition) is 0. The maximum atomic E-state index is 11.8. The van der Waals surface area contributed by atoms with E-state index in [1.807, 2.05) is 19.1 Å². The zero-order valence-corrected chi connectivity index (χ0v) is 9.43. The molecule has 0 N–H and O–H groups in total. The minimum Gasteiger partial charge on any atom is -0.259 e. The van der Waals surface area contributed by atoms with Gasteiger partial charge >= 0.3 is 0 Å². The van der Waals surface area contributed by atoms with Crippen molar-refractivity contribution < 1.29 is 9.13 Å². The van der Waals surface area contributed by atoms with Gasteiger partial charge in [0.05, 0.1) is 20.6 Å². The van der Waals surface area contributed by atoms with Crippen molar-refractivity contribution >= 4 is 22.6 Å². The van der Waals surface area contributed by atoms with Gasteiger partial charge in [-0.25, -0.2) is 4.21 Å². The molecule has 0 aromatic heterocycles. The lowest BCUT2D eigenvalue weighted by atomic mass is 10.2. The van der Waals surface area contributed by atoms with E-state index in [0.717, 1.165) is 16.7 Å². The first kappa shape index (κ1) is 10.4. The molecule has 0 amide bonds. The number of rotatable bonds is 1. The third-order valence-corrected chi connectivity index (χ3v) is 4.83. The van der Waals surface area contributed by atoms with Crippen LogP contribution in [0.3, 0.4) is 0 Å². The summed E-state index contributed by atoms with van der Waals surface area (Å²) in [4.78, 5) is 11.2. The molecule has 1 aliphatic rings. The van der Waals surface area contributed by atoms with Crippen LogP contribution in [-0.2, 0) is 10.8 Å². The summed E-state index contributed by atoms with van der Waals surface area (Å²) in [6.07, 6.45) is 0.816. The van der Waals surface area contributed by atoms with Gasteiger partial charge in [-0.3, -0.25) is 10.1 Å². The lowest BCUT2D eigenvalue weighted by molar-refractivity contribution is -0.402. The third-order valence-electron chi connectivity index (χ3n) is 1.90. The van der Waals surface area contributed by atoms with Gasteiger partial charge in [0.2, 0.25) is 0 Å². The molecule has 0 radical (unpaired) electrons. The Balaban J connectivity index is 2.46. The zero-order chi connectivity index (χ0) is 11.0. The second kappa shape index (κ2) is 3.79. The van der Waals surface area contributed by atoms with E-state index in [4.69, 9.17) is 0 Å². The maximum absolute atomic E-state index is 11.8. The van der Waals surface area contributed by atoms with Crippen LogP contribution in [0.1, 0.15) is 5.56 Å². The fourth-order valence-corrected chi connectivity index (χ4v) is 4.05. The number of hydrogen-bond acceptors (Lipinski definition) is 4. The average Bonchev–Trinajstić information content (AvgIpc) is 2.44. The third kappa shape index (κ3) is 1.95. The molecule has 0 spiro atoms. The maximum Gasteiger partial charge on any atom is 0.257 e. The van der Waals surface area contributed by atoms with Crippen molar-refractivity contribution in [2.24, 2.45) is 0 Å². The van der Waals surface area contributed by atoms with Crippen LogP contribution in [0, 0.1) is 17.0 Å². The standard InChI is InChI=1S/C9H7NO3S2/c1-6-2-3-7-8(4-6)15(13)9(14-7)5-10(11)12/h2-5H,1H3. The van der Waals surface area contributed by atoms with Crippen molar-refractivity contribution in [3.63, 3.8) is 0 Å². The molecule has 4 nitrogen and oxygen atoms in total. The first-order chi connectivity index (χ1) is 7.08. The zero-order valence-electron chi connectivity index (χ0n) is 7.80. The molecule has 0 fully saturated rings. The van der Waals surface area contributed by atoms with Gasteiger partial charge in [-0.2, -0.15) is 0 Å². The number of thioether (sulfide) groups is 1. The first-order valence-electron chi connectivity index (χ1n) is 4.13. The number of benzene rings is 1. The summed E-state index contributed by atoms with van der Waals surface area (Å²) < 4.78 is 12.1. The molecule has 1 aliphatic heterocycles. The Morgan fingerprint density at radius 3 is 2.93 bits per heavy atom. The van der Waals surface area contributed by atoms with E-state index in [0.29, 0.717) is 9.13 Å². The van der Waals surface area contributed by atoms with Crippen LogP contribution in [0.2, 0.25) is 0 Å². The van der Waals surface area contributed by atoms with Crippen LogP contribution in [0.15, 0.2) is 38.4 Å². The van der Waals surface area contributed by atoms with Crippen LogP contribution in [0.4, 0.5) is 0 Å². The lowest BCUT2D eigenvalue weighted by Gasteiger charge is -1.95. The van der Waals surface area contributed by atoms with E-state index in [-0.39, 0.29) is 0 Å². The topological polar surface area (TPSA) is 60.2 Å². The number of nitrogens with zero attached hydrogens (tertiary/aromatic N) is 1. The van der Waals surface area contributed by atoms with Gasteiger partial charge in [-0.05, 0) is 24.6 Å². The smallest absolute Gasteiger partial charge is 0.257 e. The molecule has 1 aromatic rings. The molecular weight excluding hydrogens is 234 g/mol. The van der Waals surface area contributed by atoms with Crippen LogP contribution in [-0.4, -0.2) is 9.13 Å². The van der Waals surface area contributed by atoms with Crippen molar-refractivity contribution in [2.75, 3.05) is 0 Å². The van der Waals surface area contributed by atoms with Crippen molar-refractivity contribution in [3.05, 3.63) is 44.3 Å². The minimum atomic E-state index is -1.38. The van der Waals surface area contributed by atoms with Crippen molar-refractivity contribution in [1.82, 2.24) is 0 Å². The fourth-order valence-electron chi connectivity index (χ4n) is 1.26. The van der Waals surface area contributed by atoms with Crippen LogP contribution in [0.5, 0.6) is 0 Å². The number of nitro groups is 1. The molecule has 1 atom stereocenters. The van der Waals surface area contributed by atoms with E-state index < -0.39 is 15.7 Å². The Labute approximate surface area is 93.0 Å². The molecule has 1 aromatic carbocycles. The average molecular weight is 241 g/mol. The quantitative estimate of drug-likeness (QED) is 0.559. The van der Waals surface area contributed by atoms with Crippen LogP contribution < -0.4 is 0 Å². The summed E-state index contributed by atoms with van der Waals surface area (Å²) in [5.74, 6) is 0. The van der Waals surface area contributed by atoms with Crippen LogP contribution in [0.25, 0.3) is 0 Å². The highest BCUT2D eigenvalue weighted by molar-refractivity contribution is 8.18. The van der Waals surface area contributed by atoms with Crippen molar-refractivity contribution in [2.45, 2.75) is 16.7 Å². The second-order valence-electron chi connectivity index (χ2n) is 3.05. The summed E-state index contributed by atoms with van der Waals surface area (Å²) >= 11 is 1.20. The van der Waals surface area contributed by atoms with E-state index in [1.54, 1.807) is 6.07 Å². The monoisotopic (exact) mass is 241 g/mol. The lowest BCUT2D eigenvalue weighted by Crippen LogP contribution is -1.91. The van der Waals surface area contributed by atoms with E-state index in [9.17, 15) is 14.3 Å². The molecule has 78 valence electrons. The van der Waals surface area contributed by atoms with Gasteiger partial charge in [0, 0.05) is 4.90 Å². The van der Waals surface area contributed by atoms with Gasteiger partial charge in [0.1, 0.15) is 0 Å². The van der Waals surface area contributed by atoms with Gasteiger partial charge in [-0.1, -0.05) is 17.8 Å². The minimum absolute atomic E-state index is 0.292. The molecule has 2 rings (SSSR count). The van der Waals surface area contributed by atoms with E-state index in [2.05, 4.69) is 0 Å². The summed E-state index contributed by atoms with van der Waals surface area (Å²) in [5, 5.41) is 10.3. The largest absolute Gasteiger partial charge is 0.259 e. The summed E-state index contributed by atoms with van der Waals surface area (Å²) in [6.45, 7) is 1.90. The molecule has 0 bridgehead atoms. The molecule has 1 unspecified atom stereocenters. The molecule has 0 aliphatic carbocycles. The number of fused-ring (bicyclic) bond motifs is 1. The van der Waals surface area contributed by atoms with E-state index >= 15 is 0 Å². The molecule has 0 saturated heterocycles. The van der Waals surface area contributed by atoms with Gasteiger partial charge in [0.15, 0.2) is 4.24 Å². The fraction of sp³-hybridized carbons (Fsp3) is 0.111. The van der Waals surface area contributed by atoms with Gasteiger partial charge in [-0.15, -0.1) is 0 Å². The highest BCUT2D eigenvalue weighted by Crippen LogP contribution is 2.43. The molecule has 6 heteroatoms. The Bertz CT molecular complexity index is 496. The molecule has 15 heavy (non-hydrogen) atoms. The van der Waals surface area contributed by atoms with E-state index in [1.165, 1.54) is 11.8 Å². The predicted molar refractivity (Wildman–Crippen MR) is 58.5 cm³/mol. The Morgan fingerprint density at radius 1 is 1.53 bits per heavy atom. The molecule has 1 heterocycles. The first-order valence-corrected chi connectivity index (χ1v) is 6.10. The van der Waals surface area contributed by atoms with Gasteiger partial charge < -0.3 is 0 Å². The SMILES string of the molecule is Cc1ccc2c(c1)S(=O)C(=C[N+](=O)[O-])S2. The highest BCUT2D eigenvalue weighted by Gasteiger charge is 2.27. The second-order valence-corrected chi connectivity index (χ2v) is 5.81. The number of aryl methyl sites for hydroxylation is 1. The van der Waals surface area contributed by atoms with Crippen molar-refractivity contribution in [3.8, 4) is 0 Å². The molecule has 0 saturated carbocycles. The predicted octanol–water partition coefficient (Wildman–Crippen LogP) is 2.28. The summed E-state index contributed by atoms with van der Waals surface area (Å²) in [6, 6.07) is 5.55. The summed E-state index contributed by atoms with van der Waals surface area (Å²) in [5.41, 5.74) is 1.00. The van der Waals surface area contributed by atoms with Gasteiger partial charge in [0.25, 0.3) is 6.20 Å².